The molecule has 3 aromatic rings. The molecule has 19 heavy (non-hydrogen) atoms. The third-order valence-corrected chi connectivity index (χ3v) is 2.51. The molecule has 0 amide bonds. The smallest absolute Gasteiger partial charge is 0.258 e. The first-order valence-electron chi connectivity index (χ1n) is 5.48. The zero-order valence-corrected chi connectivity index (χ0v) is 9.69. The lowest BCUT2D eigenvalue weighted by atomic mass is 10.1. The molecule has 2 heterocycles. The molecule has 6 heteroatoms. The van der Waals surface area contributed by atoms with Crippen LogP contribution in [-0.2, 0) is 0 Å². The molecule has 0 atom stereocenters. The second-order valence-electron chi connectivity index (χ2n) is 3.75. The standard InChI is InChI=1S/C13H7N5O/c14-7-9-2-1-3-10(6-9)13-17-12(18-19-13)11-4-5-15-16-8-11/h1-6,8H. The van der Waals surface area contributed by atoms with Crippen LogP contribution in [0.2, 0.25) is 0 Å². The molecule has 90 valence electrons. The highest BCUT2D eigenvalue weighted by molar-refractivity contribution is 5.60. The summed E-state index contributed by atoms with van der Waals surface area (Å²) in [6.45, 7) is 0. The van der Waals surface area contributed by atoms with Gasteiger partial charge in [0.2, 0.25) is 5.82 Å². The maximum atomic E-state index is 8.86. The van der Waals surface area contributed by atoms with Crippen LogP contribution in [0.3, 0.4) is 0 Å². The molecular weight excluding hydrogens is 242 g/mol. The fourth-order valence-corrected chi connectivity index (χ4v) is 1.60. The van der Waals surface area contributed by atoms with Crippen molar-refractivity contribution in [3.05, 3.63) is 48.3 Å². The third kappa shape index (κ3) is 2.17. The van der Waals surface area contributed by atoms with E-state index in [1.165, 1.54) is 0 Å². The molecular formula is C13H7N5O. The van der Waals surface area contributed by atoms with Crippen LogP contribution < -0.4 is 0 Å². The van der Waals surface area contributed by atoms with Gasteiger partial charge < -0.3 is 4.52 Å². The van der Waals surface area contributed by atoms with E-state index in [0.29, 0.717) is 22.8 Å². The summed E-state index contributed by atoms with van der Waals surface area (Å²) < 4.78 is 5.19. The van der Waals surface area contributed by atoms with Gasteiger partial charge in [-0.25, -0.2) is 0 Å². The van der Waals surface area contributed by atoms with Crippen LogP contribution in [0.1, 0.15) is 5.56 Å². The molecule has 1 aromatic carbocycles. The van der Waals surface area contributed by atoms with E-state index >= 15 is 0 Å². The minimum atomic E-state index is 0.365. The predicted molar refractivity (Wildman–Crippen MR) is 65.5 cm³/mol. The number of hydrogen-bond donors (Lipinski definition) is 0. The molecule has 0 bridgehead atoms. The SMILES string of the molecule is N#Cc1cccc(-c2nc(-c3ccnnc3)no2)c1. The maximum Gasteiger partial charge on any atom is 0.258 e. The van der Waals surface area contributed by atoms with Gasteiger partial charge in [0.25, 0.3) is 5.89 Å². The summed E-state index contributed by atoms with van der Waals surface area (Å²) in [5, 5.41) is 20.2. The van der Waals surface area contributed by atoms with Crippen LogP contribution in [0.5, 0.6) is 0 Å². The van der Waals surface area contributed by atoms with Crippen LogP contribution in [0.25, 0.3) is 22.8 Å². The zero-order chi connectivity index (χ0) is 13.1. The summed E-state index contributed by atoms with van der Waals surface area (Å²) in [5.74, 6) is 0.802. The van der Waals surface area contributed by atoms with Gasteiger partial charge in [-0.05, 0) is 24.3 Å². The van der Waals surface area contributed by atoms with Crippen molar-refractivity contribution in [2.24, 2.45) is 0 Å². The second-order valence-corrected chi connectivity index (χ2v) is 3.75. The third-order valence-electron chi connectivity index (χ3n) is 2.51. The molecule has 3 rings (SSSR count). The van der Waals surface area contributed by atoms with Crippen molar-refractivity contribution in [1.82, 2.24) is 20.3 Å². The Labute approximate surface area is 108 Å². The minimum absolute atomic E-state index is 0.365. The number of aromatic nitrogens is 4. The fraction of sp³-hybridized carbons (Fsp3) is 0. The molecule has 2 aromatic heterocycles. The van der Waals surface area contributed by atoms with Gasteiger partial charge in [-0.3, -0.25) is 0 Å². The lowest BCUT2D eigenvalue weighted by Crippen LogP contribution is -1.84. The summed E-state index contributed by atoms with van der Waals surface area (Å²) in [7, 11) is 0. The average Bonchev–Trinajstić information content (AvgIpc) is 2.98. The first kappa shape index (κ1) is 11.0. The van der Waals surface area contributed by atoms with Crippen molar-refractivity contribution in [2.75, 3.05) is 0 Å². The minimum Gasteiger partial charge on any atom is -0.334 e. The van der Waals surface area contributed by atoms with Gasteiger partial charge in [0.15, 0.2) is 0 Å². The van der Waals surface area contributed by atoms with Crippen molar-refractivity contribution < 1.29 is 4.52 Å². The first-order chi connectivity index (χ1) is 9.36. The molecule has 0 radical (unpaired) electrons. The highest BCUT2D eigenvalue weighted by Crippen LogP contribution is 2.21. The van der Waals surface area contributed by atoms with Gasteiger partial charge in [-0.2, -0.15) is 20.4 Å². The molecule has 0 saturated carbocycles. The van der Waals surface area contributed by atoms with E-state index in [4.69, 9.17) is 9.78 Å². The normalized spacial score (nSPS) is 10.1. The summed E-state index contributed by atoms with van der Waals surface area (Å²) in [6, 6.07) is 10.8. The lowest BCUT2D eigenvalue weighted by molar-refractivity contribution is 0.432. The molecule has 0 N–H and O–H groups in total. The van der Waals surface area contributed by atoms with Gasteiger partial charge >= 0.3 is 0 Å². The molecule has 0 aliphatic heterocycles. The summed E-state index contributed by atoms with van der Waals surface area (Å²) in [4.78, 5) is 4.27. The Morgan fingerprint density at radius 2 is 2.05 bits per heavy atom. The van der Waals surface area contributed by atoms with E-state index in [1.807, 2.05) is 6.07 Å². The number of hydrogen-bond acceptors (Lipinski definition) is 6. The van der Waals surface area contributed by atoms with E-state index < -0.39 is 0 Å². The lowest BCUT2D eigenvalue weighted by Gasteiger charge is -1.93. The van der Waals surface area contributed by atoms with E-state index in [2.05, 4.69) is 26.4 Å². The second kappa shape index (κ2) is 4.66. The average molecular weight is 249 g/mol. The Balaban J connectivity index is 2.00. The number of rotatable bonds is 2. The monoisotopic (exact) mass is 249 g/mol. The van der Waals surface area contributed by atoms with Crippen LogP contribution >= 0.6 is 0 Å². The fourth-order valence-electron chi connectivity index (χ4n) is 1.60. The molecule has 0 saturated heterocycles. The Morgan fingerprint density at radius 3 is 2.84 bits per heavy atom. The Bertz CT molecular complexity index is 745. The molecule has 0 aliphatic rings. The zero-order valence-electron chi connectivity index (χ0n) is 9.69. The quantitative estimate of drug-likeness (QED) is 0.690. The molecule has 0 fully saturated rings. The molecule has 0 aliphatic carbocycles. The van der Waals surface area contributed by atoms with Crippen molar-refractivity contribution in [3.63, 3.8) is 0 Å². The van der Waals surface area contributed by atoms with E-state index in [1.54, 1.807) is 36.7 Å². The summed E-state index contributed by atoms with van der Waals surface area (Å²) in [5.41, 5.74) is 1.98. The van der Waals surface area contributed by atoms with Crippen molar-refractivity contribution in [1.29, 1.82) is 5.26 Å². The molecule has 6 nitrogen and oxygen atoms in total. The molecule has 0 spiro atoms. The van der Waals surface area contributed by atoms with Gasteiger partial charge in [0.05, 0.1) is 24.0 Å². The largest absolute Gasteiger partial charge is 0.334 e. The Morgan fingerprint density at radius 1 is 1.11 bits per heavy atom. The van der Waals surface area contributed by atoms with Gasteiger partial charge in [0.1, 0.15) is 0 Å². The topological polar surface area (TPSA) is 88.5 Å². The van der Waals surface area contributed by atoms with E-state index in [-0.39, 0.29) is 0 Å². The van der Waals surface area contributed by atoms with Gasteiger partial charge in [0, 0.05) is 11.1 Å². The van der Waals surface area contributed by atoms with Crippen molar-refractivity contribution in [2.45, 2.75) is 0 Å². The Hall–Kier alpha value is -3.07. The van der Waals surface area contributed by atoms with Crippen LogP contribution in [0.15, 0.2) is 47.2 Å². The highest BCUT2D eigenvalue weighted by atomic mass is 16.5. The van der Waals surface area contributed by atoms with Crippen LogP contribution in [0, 0.1) is 11.3 Å². The van der Waals surface area contributed by atoms with Crippen LogP contribution in [0.4, 0.5) is 0 Å². The highest BCUT2D eigenvalue weighted by Gasteiger charge is 2.10. The van der Waals surface area contributed by atoms with E-state index in [9.17, 15) is 0 Å². The number of benzene rings is 1. The maximum absolute atomic E-state index is 8.86. The summed E-state index contributed by atoms with van der Waals surface area (Å²) >= 11 is 0. The Kier molecular flexibility index (Phi) is 2.71. The first-order valence-corrected chi connectivity index (χ1v) is 5.48. The molecule has 0 unspecified atom stereocenters. The van der Waals surface area contributed by atoms with Crippen molar-refractivity contribution >= 4 is 0 Å². The predicted octanol–water partition coefficient (Wildman–Crippen LogP) is 2.07. The van der Waals surface area contributed by atoms with Gasteiger partial charge in [-0.1, -0.05) is 11.2 Å². The van der Waals surface area contributed by atoms with Crippen molar-refractivity contribution in [3.8, 4) is 28.9 Å². The van der Waals surface area contributed by atoms with Crippen LogP contribution in [-0.4, -0.2) is 20.3 Å². The summed E-state index contributed by atoms with van der Waals surface area (Å²) in [6.07, 6.45) is 3.11. The number of nitrogens with zero attached hydrogens (tertiary/aromatic N) is 5. The van der Waals surface area contributed by atoms with Gasteiger partial charge in [-0.15, -0.1) is 0 Å². The number of nitriles is 1. The van der Waals surface area contributed by atoms with E-state index in [0.717, 1.165) is 5.56 Å².